The number of aliphatic imine (C=N–C) groups is 1. The lowest BCUT2D eigenvalue weighted by atomic mass is 10.2. The third-order valence-electron chi connectivity index (χ3n) is 3.23. The molecule has 0 aliphatic carbocycles. The van der Waals surface area contributed by atoms with Gasteiger partial charge in [0.1, 0.15) is 5.75 Å². The molecule has 1 aliphatic rings. The maximum atomic E-state index is 11.5. The van der Waals surface area contributed by atoms with Crippen molar-refractivity contribution >= 4 is 62.7 Å². The number of phenolic OH excluding ortho intramolecular Hbond substituents is 1. The molecule has 1 saturated heterocycles. The summed E-state index contributed by atoms with van der Waals surface area (Å²) in [6.45, 7) is 3.73. The Bertz CT molecular complexity index is 832. The van der Waals surface area contributed by atoms with Crippen LogP contribution in [0.15, 0.2) is 58.4 Å². The highest BCUT2D eigenvalue weighted by molar-refractivity contribution is 14.1. The number of rotatable bonds is 1. The Balaban J connectivity index is 0.000000236. The van der Waals surface area contributed by atoms with Gasteiger partial charge in [-0.05, 0) is 78.0 Å². The molecule has 130 valence electrons. The predicted octanol–water partition coefficient (Wildman–Crippen LogP) is 5.40. The summed E-state index contributed by atoms with van der Waals surface area (Å²) in [6.07, 6.45) is 1.77. The van der Waals surface area contributed by atoms with Gasteiger partial charge in [0.25, 0.3) is 5.91 Å². The average Bonchev–Trinajstić information content (AvgIpc) is 2.95. The standard InChI is InChI=1S/C12H11ClN2OS.C6H5IO/c1-3-10-11(16)15-12(17-10)14-9-6-4-5-8(13)7(9)2;7-5-3-1-2-4-6(5)8/h3-6H,1-2H3,(H,14,15,16);1-4,8H. The molecule has 0 aromatic heterocycles. The van der Waals surface area contributed by atoms with Gasteiger partial charge in [-0.2, -0.15) is 0 Å². The minimum atomic E-state index is -0.101. The molecular weight excluding hydrogens is 471 g/mol. The van der Waals surface area contributed by atoms with Gasteiger partial charge in [-0.25, -0.2) is 4.99 Å². The highest BCUT2D eigenvalue weighted by atomic mass is 127. The van der Waals surface area contributed by atoms with Gasteiger partial charge in [0.2, 0.25) is 0 Å². The summed E-state index contributed by atoms with van der Waals surface area (Å²) in [5.74, 6) is 0.254. The van der Waals surface area contributed by atoms with Crippen LogP contribution < -0.4 is 5.32 Å². The fourth-order valence-electron chi connectivity index (χ4n) is 1.85. The summed E-state index contributed by atoms with van der Waals surface area (Å²) < 4.78 is 0.894. The molecule has 1 heterocycles. The number of aromatic hydroxyl groups is 1. The third kappa shape index (κ3) is 5.49. The monoisotopic (exact) mass is 486 g/mol. The third-order valence-corrected chi connectivity index (χ3v) is 5.58. The van der Waals surface area contributed by atoms with E-state index in [0.29, 0.717) is 20.8 Å². The number of hydrogen-bond donors (Lipinski definition) is 2. The maximum absolute atomic E-state index is 11.5. The molecule has 0 saturated carbocycles. The van der Waals surface area contributed by atoms with Crippen LogP contribution in [0.1, 0.15) is 12.5 Å². The van der Waals surface area contributed by atoms with Crippen molar-refractivity contribution in [3.63, 3.8) is 0 Å². The Labute approximate surface area is 169 Å². The van der Waals surface area contributed by atoms with E-state index in [2.05, 4.69) is 32.9 Å². The van der Waals surface area contributed by atoms with E-state index in [1.807, 2.05) is 44.2 Å². The van der Waals surface area contributed by atoms with Crippen LogP contribution in [0, 0.1) is 10.5 Å². The van der Waals surface area contributed by atoms with Gasteiger partial charge in [-0.3, -0.25) is 4.79 Å². The molecule has 1 amide bonds. The van der Waals surface area contributed by atoms with Gasteiger partial charge in [0.15, 0.2) is 5.17 Å². The molecule has 2 aromatic rings. The Kier molecular flexibility index (Phi) is 7.34. The van der Waals surface area contributed by atoms with Gasteiger partial charge in [0.05, 0.1) is 14.2 Å². The first kappa shape index (κ1) is 19.8. The van der Waals surface area contributed by atoms with Gasteiger partial charge in [-0.1, -0.05) is 35.9 Å². The van der Waals surface area contributed by atoms with Crippen LogP contribution in [0.5, 0.6) is 5.75 Å². The number of hydrogen-bond acceptors (Lipinski definition) is 4. The lowest BCUT2D eigenvalue weighted by Crippen LogP contribution is -2.19. The van der Waals surface area contributed by atoms with Crippen molar-refractivity contribution in [2.24, 2.45) is 4.99 Å². The Morgan fingerprint density at radius 1 is 1.24 bits per heavy atom. The van der Waals surface area contributed by atoms with Crippen LogP contribution in [-0.4, -0.2) is 16.2 Å². The number of thioether (sulfide) groups is 1. The first-order chi connectivity index (χ1) is 11.9. The molecule has 0 spiro atoms. The molecule has 0 bridgehead atoms. The summed E-state index contributed by atoms with van der Waals surface area (Å²) >= 11 is 9.42. The van der Waals surface area contributed by atoms with Gasteiger partial charge in [-0.15, -0.1) is 0 Å². The highest BCUT2D eigenvalue weighted by Crippen LogP contribution is 2.29. The summed E-state index contributed by atoms with van der Waals surface area (Å²) in [4.78, 5) is 16.5. The Morgan fingerprint density at radius 3 is 2.52 bits per heavy atom. The van der Waals surface area contributed by atoms with Crippen LogP contribution >= 0.6 is 46.0 Å². The van der Waals surface area contributed by atoms with Crippen molar-refractivity contribution in [3.05, 3.63) is 67.6 Å². The number of phenols is 1. The van der Waals surface area contributed by atoms with Crippen LogP contribution in [0.2, 0.25) is 5.02 Å². The van der Waals surface area contributed by atoms with E-state index in [1.54, 1.807) is 18.2 Å². The second-order valence-corrected chi connectivity index (χ2v) is 7.56. The maximum Gasteiger partial charge on any atom is 0.263 e. The molecule has 0 radical (unpaired) electrons. The van der Waals surface area contributed by atoms with E-state index in [4.69, 9.17) is 16.7 Å². The fraction of sp³-hybridized carbons (Fsp3) is 0.111. The van der Waals surface area contributed by atoms with Crippen molar-refractivity contribution in [1.82, 2.24) is 5.32 Å². The van der Waals surface area contributed by atoms with E-state index in [-0.39, 0.29) is 5.91 Å². The van der Waals surface area contributed by atoms with Gasteiger partial charge >= 0.3 is 0 Å². The largest absolute Gasteiger partial charge is 0.507 e. The lowest BCUT2D eigenvalue weighted by molar-refractivity contribution is -0.115. The molecule has 1 fully saturated rings. The molecule has 3 rings (SSSR count). The van der Waals surface area contributed by atoms with E-state index in [0.717, 1.165) is 14.8 Å². The number of allylic oxidation sites excluding steroid dienone is 1. The van der Waals surface area contributed by atoms with Crippen molar-refractivity contribution in [3.8, 4) is 5.75 Å². The van der Waals surface area contributed by atoms with Gasteiger partial charge < -0.3 is 10.4 Å². The number of carbonyl (C=O) groups excluding carboxylic acids is 1. The van der Waals surface area contributed by atoms with Crippen LogP contribution in [0.25, 0.3) is 0 Å². The summed E-state index contributed by atoms with van der Waals surface area (Å²) in [5, 5.41) is 12.9. The molecule has 2 N–H and O–H groups in total. The van der Waals surface area contributed by atoms with Crippen molar-refractivity contribution in [2.75, 3.05) is 0 Å². The SMILES string of the molecule is CC=C1SC(=Nc2cccc(Cl)c2C)NC1=O.Oc1ccccc1I. The number of nitrogens with one attached hydrogen (secondary N) is 1. The van der Waals surface area contributed by atoms with Crippen LogP contribution in [-0.2, 0) is 4.79 Å². The number of carbonyl (C=O) groups is 1. The molecule has 0 atom stereocenters. The topological polar surface area (TPSA) is 61.7 Å². The Morgan fingerprint density at radius 2 is 1.96 bits per heavy atom. The summed E-state index contributed by atoms with van der Waals surface area (Å²) in [5.41, 5.74) is 1.68. The lowest BCUT2D eigenvalue weighted by Gasteiger charge is -2.02. The van der Waals surface area contributed by atoms with Crippen molar-refractivity contribution in [2.45, 2.75) is 13.8 Å². The smallest absolute Gasteiger partial charge is 0.263 e. The second kappa shape index (κ2) is 9.26. The molecule has 1 aliphatic heterocycles. The molecule has 4 nitrogen and oxygen atoms in total. The number of halogens is 2. The average molecular weight is 487 g/mol. The van der Waals surface area contributed by atoms with E-state index < -0.39 is 0 Å². The predicted molar refractivity (Wildman–Crippen MR) is 114 cm³/mol. The van der Waals surface area contributed by atoms with Crippen molar-refractivity contribution in [1.29, 1.82) is 0 Å². The number of amidine groups is 1. The zero-order chi connectivity index (χ0) is 18.4. The van der Waals surface area contributed by atoms with Crippen LogP contribution in [0.3, 0.4) is 0 Å². The molecular formula is C18H16ClIN2O2S. The first-order valence-corrected chi connectivity index (χ1v) is 9.62. The molecule has 0 unspecified atom stereocenters. The Hall–Kier alpha value is -1.51. The number of para-hydroxylation sites is 1. The first-order valence-electron chi connectivity index (χ1n) is 7.35. The van der Waals surface area contributed by atoms with Crippen LogP contribution in [0.4, 0.5) is 5.69 Å². The number of amides is 1. The molecule has 7 heteroatoms. The molecule has 2 aromatic carbocycles. The van der Waals surface area contributed by atoms with Gasteiger partial charge in [0, 0.05) is 5.02 Å². The van der Waals surface area contributed by atoms with E-state index in [1.165, 1.54) is 11.8 Å². The molecule has 25 heavy (non-hydrogen) atoms. The fourth-order valence-corrected chi connectivity index (χ4v) is 3.17. The minimum absolute atomic E-state index is 0.101. The minimum Gasteiger partial charge on any atom is -0.507 e. The second-order valence-electron chi connectivity index (χ2n) is 4.96. The normalized spacial score (nSPS) is 16.6. The van der Waals surface area contributed by atoms with E-state index in [9.17, 15) is 4.79 Å². The van der Waals surface area contributed by atoms with E-state index >= 15 is 0 Å². The van der Waals surface area contributed by atoms with Crippen molar-refractivity contribution < 1.29 is 9.90 Å². The summed E-state index contributed by atoms with van der Waals surface area (Å²) in [7, 11) is 0. The zero-order valence-corrected chi connectivity index (χ0v) is 17.3. The highest BCUT2D eigenvalue weighted by Gasteiger charge is 2.22. The summed E-state index contributed by atoms with van der Waals surface area (Å²) in [6, 6.07) is 12.7. The zero-order valence-electron chi connectivity index (χ0n) is 13.6. The quantitative estimate of drug-likeness (QED) is 0.419. The number of benzene rings is 2. The number of nitrogens with zero attached hydrogens (tertiary/aromatic N) is 1.